The van der Waals surface area contributed by atoms with Crippen molar-refractivity contribution in [3.05, 3.63) is 0 Å². The Morgan fingerprint density at radius 3 is 1.45 bits per heavy atom. The molecule has 0 spiro atoms. The first-order valence-corrected chi connectivity index (χ1v) is 11.1. The molecule has 0 bridgehead atoms. The first kappa shape index (κ1) is 11.9. The molecule has 11 heavy (non-hydrogen) atoms. The normalized spacial score (nSPS) is 12.5. The molecule has 0 heterocycles. The molecule has 0 aliphatic rings. The second-order valence-electron chi connectivity index (χ2n) is 2.90. The van der Waals surface area contributed by atoms with Crippen LogP contribution in [0.1, 0.15) is 20.8 Å². The zero-order chi connectivity index (χ0) is 8.91. The van der Waals surface area contributed by atoms with Gasteiger partial charge >= 0.3 is 79.4 Å². The summed E-state index contributed by atoms with van der Waals surface area (Å²) in [5, 5.41) is 0. The zero-order valence-corrected chi connectivity index (χ0v) is 11.1. The third-order valence-corrected chi connectivity index (χ3v) is 7.75. The van der Waals surface area contributed by atoms with Gasteiger partial charge in [0.1, 0.15) is 0 Å². The van der Waals surface area contributed by atoms with Gasteiger partial charge in [-0.3, -0.25) is 0 Å². The van der Waals surface area contributed by atoms with Gasteiger partial charge in [0.05, 0.1) is 0 Å². The van der Waals surface area contributed by atoms with Gasteiger partial charge in [0, 0.05) is 0 Å². The molecule has 0 amide bonds. The Labute approximate surface area is 79.5 Å². The molecular formula is C8H21AsNS+. The number of quaternary nitrogens is 1. The third kappa shape index (κ3) is 3.87. The van der Waals surface area contributed by atoms with Crippen molar-refractivity contribution in [2.24, 2.45) is 0 Å². The van der Waals surface area contributed by atoms with E-state index in [0.29, 0.717) is 0 Å². The molecule has 0 aliphatic carbocycles. The van der Waals surface area contributed by atoms with E-state index in [1.807, 2.05) is 0 Å². The van der Waals surface area contributed by atoms with Crippen LogP contribution in [0.15, 0.2) is 0 Å². The maximum atomic E-state index is 2.42. The molecule has 0 atom stereocenters. The quantitative estimate of drug-likeness (QED) is 0.403. The summed E-state index contributed by atoms with van der Waals surface area (Å²) in [5.74, 6) is 0. The van der Waals surface area contributed by atoms with Crippen molar-refractivity contribution in [2.75, 3.05) is 19.6 Å². The van der Waals surface area contributed by atoms with Crippen LogP contribution in [0.4, 0.5) is 0 Å². The van der Waals surface area contributed by atoms with Crippen molar-refractivity contribution in [1.29, 1.82) is 0 Å². The molecule has 0 aromatic carbocycles. The van der Waals surface area contributed by atoms with Crippen molar-refractivity contribution in [3.8, 4) is 0 Å². The van der Waals surface area contributed by atoms with Crippen LogP contribution in [0.3, 0.4) is 0 Å². The van der Waals surface area contributed by atoms with Gasteiger partial charge in [-0.05, 0) is 0 Å². The molecule has 0 saturated carbocycles. The van der Waals surface area contributed by atoms with Gasteiger partial charge in [0.2, 0.25) is 0 Å². The van der Waals surface area contributed by atoms with E-state index in [0.717, 1.165) is 0 Å². The van der Waals surface area contributed by atoms with Gasteiger partial charge in [-0.1, -0.05) is 0 Å². The van der Waals surface area contributed by atoms with E-state index in [9.17, 15) is 0 Å². The van der Waals surface area contributed by atoms with Crippen LogP contribution in [-0.4, -0.2) is 37.0 Å². The van der Waals surface area contributed by atoms with E-state index in [1.165, 1.54) is 23.5 Å². The monoisotopic (exact) mass is 238 g/mol. The summed E-state index contributed by atoms with van der Waals surface area (Å²) in [6, 6.07) is 0. The molecule has 0 N–H and O–H groups in total. The molecule has 1 nitrogen and oxygen atoms in total. The molecule has 0 aromatic heterocycles. The van der Waals surface area contributed by atoms with Gasteiger partial charge < -0.3 is 0 Å². The summed E-state index contributed by atoms with van der Waals surface area (Å²) in [7, 11) is 2.23. The van der Waals surface area contributed by atoms with Crippen LogP contribution in [-0.2, 0) is 0 Å². The topological polar surface area (TPSA) is 0 Å². The van der Waals surface area contributed by atoms with Gasteiger partial charge in [-0.2, -0.15) is 0 Å². The van der Waals surface area contributed by atoms with Gasteiger partial charge in [-0.25, -0.2) is 0 Å². The summed E-state index contributed by atoms with van der Waals surface area (Å²) in [5.41, 5.74) is 4.84. The van der Waals surface area contributed by atoms with Gasteiger partial charge in [0.15, 0.2) is 0 Å². The van der Waals surface area contributed by atoms with Crippen molar-refractivity contribution < 1.29 is 3.89 Å². The Morgan fingerprint density at radius 2 is 1.36 bits per heavy atom. The maximum absolute atomic E-state index is 2.42. The molecule has 0 saturated heterocycles. The molecule has 0 radical (unpaired) electrons. The summed E-state index contributed by atoms with van der Waals surface area (Å²) in [6.07, 6.45) is 0. The first-order chi connectivity index (χ1) is 5.10. The summed E-state index contributed by atoms with van der Waals surface area (Å²) < 4.78 is 1.27. The van der Waals surface area contributed by atoms with E-state index in [4.69, 9.17) is 0 Å². The van der Waals surface area contributed by atoms with Crippen LogP contribution in [0.5, 0.6) is 0 Å². The average Bonchev–Trinajstić information content (AvgIpc) is 2.00. The van der Waals surface area contributed by atoms with Crippen LogP contribution >= 0.6 is 10.2 Å². The van der Waals surface area contributed by atoms with Crippen LogP contribution < -0.4 is 0 Å². The van der Waals surface area contributed by atoms with E-state index >= 15 is 0 Å². The standard InChI is InChI=1S/C8H21AsNS/c1-6-10(7-2,8-3)11-9(4)5/h6-8H2,1-5H3/q+1. The fourth-order valence-corrected chi connectivity index (χ4v) is 8.77. The molecule has 0 fully saturated rings. The predicted molar refractivity (Wildman–Crippen MR) is 57.0 cm³/mol. The Balaban J connectivity index is 4.05. The molecule has 68 valence electrons. The molecule has 0 unspecified atom stereocenters. The van der Waals surface area contributed by atoms with Crippen LogP contribution in [0.2, 0.25) is 11.4 Å². The first-order valence-electron chi connectivity index (χ1n) is 4.33. The fraction of sp³-hybridized carbons (Fsp3) is 1.00. The van der Waals surface area contributed by atoms with Gasteiger partial charge in [-0.15, -0.1) is 0 Å². The molecule has 0 aliphatic heterocycles. The summed E-state index contributed by atoms with van der Waals surface area (Å²) in [6.45, 7) is 10.8. The zero-order valence-electron chi connectivity index (χ0n) is 8.42. The Hall–Kier alpha value is 0.868. The van der Waals surface area contributed by atoms with Crippen molar-refractivity contribution in [3.63, 3.8) is 0 Å². The van der Waals surface area contributed by atoms with E-state index < -0.39 is 13.5 Å². The van der Waals surface area contributed by atoms with Crippen molar-refractivity contribution in [2.45, 2.75) is 32.2 Å². The second kappa shape index (κ2) is 5.50. The number of hydrogen-bond donors (Lipinski definition) is 0. The second-order valence-corrected chi connectivity index (χ2v) is 12.1. The number of rotatable bonds is 5. The third-order valence-electron chi connectivity index (χ3n) is 2.07. The Morgan fingerprint density at radius 1 is 1.00 bits per heavy atom. The average molecular weight is 238 g/mol. The van der Waals surface area contributed by atoms with E-state index in [-0.39, 0.29) is 0 Å². The van der Waals surface area contributed by atoms with Crippen LogP contribution in [0, 0.1) is 0 Å². The van der Waals surface area contributed by atoms with Crippen LogP contribution in [0.25, 0.3) is 0 Å². The number of hydrogen-bond acceptors (Lipinski definition) is 1. The van der Waals surface area contributed by atoms with Gasteiger partial charge in [0.25, 0.3) is 0 Å². The molecular weight excluding hydrogens is 217 g/mol. The minimum atomic E-state index is -0.520. The molecule has 0 aromatic rings. The Kier molecular flexibility index (Phi) is 5.94. The van der Waals surface area contributed by atoms with Crippen molar-refractivity contribution >= 4 is 23.7 Å². The van der Waals surface area contributed by atoms with E-state index in [1.54, 1.807) is 0 Å². The summed E-state index contributed by atoms with van der Waals surface area (Å²) >= 11 is -0.520. The predicted octanol–water partition coefficient (Wildman–Crippen LogP) is 2.76. The fourth-order valence-electron chi connectivity index (χ4n) is 1.19. The van der Waals surface area contributed by atoms with Crippen molar-refractivity contribution in [1.82, 2.24) is 0 Å². The Bertz CT molecular complexity index is 94.0. The minimum absolute atomic E-state index is 0.520. The summed E-state index contributed by atoms with van der Waals surface area (Å²) in [4.78, 5) is 0. The van der Waals surface area contributed by atoms with E-state index in [2.05, 4.69) is 42.4 Å². The SMILES string of the molecule is CC[N+](CC)(CC)S[As](C)C. The number of nitrogens with zero attached hydrogens (tertiary/aromatic N) is 1. The molecule has 3 heteroatoms. The molecule has 0 rings (SSSR count).